The minimum atomic E-state index is -1.03. The molecule has 1 N–H and O–H groups in total. The van der Waals surface area contributed by atoms with Crippen molar-refractivity contribution in [2.75, 3.05) is 0 Å². The fraction of sp³-hybridized carbons (Fsp3) is 0.0667. The predicted octanol–water partition coefficient (Wildman–Crippen LogP) is 3.93. The number of carboxylic acids is 1. The molecule has 0 fully saturated rings. The van der Waals surface area contributed by atoms with Crippen LogP contribution in [0.4, 0.5) is 4.39 Å². The maximum absolute atomic E-state index is 14.1. The summed E-state index contributed by atoms with van der Waals surface area (Å²) >= 11 is 3.31. The normalized spacial score (nSPS) is 11.0. The predicted molar refractivity (Wildman–Crippen MR) is 80.4 cm³/mol. The van der Waals surface area contributed by atoms with E-state index in [1.54, 1.807) is 29.7 Å². The standard InChI is InChI=1S/C15H10BrFN2O2/c1-8-18-12-5-2-9(15(20)21)6-14(12)19(8)13-7-10(16)3-4-11(13)17/h2-7H,1H3,(H,20,21). The fourth-order valence-electron chi connectivity index (χ4n) is 2.29. The smallest absolute Gasteiger partial charge is 0.335 e. The van der Waals surface area contributed by atoms with Crippen molar-refractivity contribution in [2.24, 2.45) is 0 Å². The van der Waals surface area contributed by atoms with Gasteiger partial charge < -0.3 is 5.11 Å². The quantitative estimate of drug-likeness (QED) is 0.763. The van der Waals surface area contributed by atoms with Crippen LogP contribution in [-0.2, 0) is 0 Å². The lowest BCUT2D eigenvalue weighted by Crippen LogP contribution is -2.01. The van der Waals surface area contributed by atoms with Crippen LogP contribution in [-0.4, -0.2) is 20.6 Å². The minimum Gasteiger partial charge on any atom is -0.478 e. The van der Waals surface area contributed by atoms with Crippen molar-refractivity contribution in [1.82, 2.24) is 9.55 Å². The van der Waals surface area contributed by atoms with Gasteiger partial charge in [-0.05, 0) is 43.3 Å². The van der Waals surface area contributed by atoms with E-state index in [0.29, 0.717) is 22.5 Å². The molecule has 2 aromatic carbocycles. The van der Waals surface area contributed by atoms with Gasteiger partial charge in [-0.2, -0.15) is 0 Å². The molecule has 0 unspecified atom stereocenters. The lowest BCUT2D eigenvalue weighted by atomic mass is 10.2. The number of nitrogens with zero attached hydrogens (tertiary/aromatic N) is 2. The lowest BCUT2D eigenvalue weighted by Gasteiger charge is -2.09. The van der Waals surface area contributed by atoms with Gasteiger partial charge in [0.05, 0.1) is 22.3 Å². The maximum Gasteiger partial charge on any atom is 0.335 e. The largest absolute Gasteiger partial charge is 0.478 e. The SMILES string of the molecule is Cc1nc2ccc(C(=O)O)cc2n1-c1cc(Br)ccc1F. The molecule has 0 saturated carbocycles. The number of rotatable bonds is 2. The van der Waals surface area contributed by atoms with E-state index < -0.39 is 11.8 Å². The van der Waals surface area contributed by atoms with Gasteiger partial charge in [-0.3, -0.25) is 4.57 Å². The summed E-state index contributed by atoms with van der Waals surface area (Å²) in [5, 5.41) is 9.10. The average molecular weight is 349 g/mol. The summed E-state index contributed by atoms with van der Waals surface area (Å²) in [6, 6.07) is 9.20. The van der Waals surface area contributed by atoms with E-state index in [4.69, 9.17) is 5.11 Å². The third-order valence-electron chi connectivity index (χ3n) is 3.22. The Morgan fingerprint density at radius 2 is 2.05 bits per heavy atom. The van der Waals surface area contributed by atoms with Gasteiger partial charge in [0.1, 0.15) is 11.6 Å². The molecule has 1 heterocycles. The number of aromatic nitrogens is 2. The van der Waals surface area contributed by atoms with E-state index in [-0.39, 0.29) is 5.56 Å². The van der Waals surface area contributed by atoms with Gasteiger partial charge in [0, 0.05) is 4.47 Å². The van der Waals surface area contributed by atoms with Gasteiger partial charge >= 0.3 is 5.97 Å². The first kappa shape index (κ1) is 13.8. The highest BCUT2D eigenvalue weighted by Gasteiger charge is 2.15. The molecule has 106 valence electrons. The summed E-state index contributed by atoms with van der Waals surface area (Å²) in [5.41, 5.74) is 1.65. The molecule has 6 heteroatoms. The van der Waals surface area contributed by atoms with Crippen LogP contribution in [0.1, 0.15) is 16.2 Å². The van der Waals surface area contributed by atoms with Crippen molar-refractivity contribution in [2.45, 2.75) is 6.92 Å². The number of hydrogen-bond donors (Lipinski definition) is 1. The molecule has 0 aliphatic heterocycles. The summed E-state index contributed by atoms with van der Waals surface area (Å²) in [6.07, 6.45) is 0. The number of carbonyl (C=O) groups is 1. The monoisotopic (exact) mass is 348 g/mol. The van der Waals surface area contributed by atoms with Crippen molar-refractivity contribution in [3.05, 3.63) is 58.1 Å². The molecule has 3 aromatic rings. The van der Waals surface area contributed by atoms with Crippen LogP contribution in [0.5, 0.6) is 0 Å². The lowest BCUT2D eigenvalue weighted by molar-refractivity contribution is 0.0697. The van der Waals surface area contributed by atoms with Gasteiger partial charge in [-0.15, -0.1) is 0 Å². The molecule has 0 atom stereocenters. The summed E-state index contributed by atoms with van der Waals surface area (Å²) in [4.78, 5) is 15.5. The Kier molecular flexibility index (Phi) is 3.25. The molecular formula is C15H10BrFN2O2. The molecule has 0 bridgehead atoms. The maximum atomic E-state index is 14.1. The number of aryl methyl sites for hydroxylation is 1. The number of carboxylic acid groups (broad SMARTS) is 1. The second-order valence-corrected chi connectivity index (χ2v) is 5.51. The van der Waals surface area contributed by atoms with E-state index >= 15 is 0 Å². The number of halogens is 2. The molecule has 3 rings (SSSR count). The zero-order valence-electron chi connectivity index (χ0n) is 11.0. The molecule has 0 radical (unpaired) electrons. The highest BCUT2D eigenvalue weighted by atomic mass is 79.9. The van der Waals surface area contributed by atoms with E-state index in [1.165, 1.54) is 18.2 Å². The molecule has 4 nitrogen and oxygen atoms in total. The van der Waals surface area contributed by atoms with E-state index in [0.717, 1.165) is 4.47 Å². The van der Waals surface area contributed by atoms with Gasteiger partial charge in [0.2, 0.25) is 0 Å². The first-order valence-electron chi connectivity index (χ1n) is 6.15. The summed E-state index contributed by atoms with van der Waals surface area (Å²) in [7, 11) is 0. The van der Waals surface area contributed by atoms with Crippen molar-refractivity contribution in [3.8, 4) is 5.69 Å². The third kappa shape index (κ3) is 2.31. The number of hydrogen-bond acceptors (Lipinski definition) is 2. The first-order valence-corrected chi connectivity index (χ1v) is 6.94. The summed E-state index contributed by atoms with van der Waals surface area (Å²) in [6.45, 7) is 1.75. The van der Waals surface area contributed by atoms with Crippen LogP contribution in [0.25, 0.3) is 16.7 Å². The second kappa shape index (κ2) is 4.96. The van der Waals surface area contributed by atoms with E-state index in [2.05, 4.69) is 20.9 Å². The van der Waals surface area contributed by atoms with Crippen molar-refractivity contribution < 1.29 is 14.3 Å². The van der Waals surface area contributed by atoms with Crippen LogP contribution in [0.3, 0.4) is 0 Å². The highest BCUT2D eigenvalue weighted by molar-refractivity contribution is 9.10. The van der Waals surface area contributed by atoms with Crippen LogP contribution in [0, 0.1) is 12.7 Å². The number of imidazole rings is 1. The summed E-state index contributed by atoms with van der Waals surface area (Å²) in [5.74, 6) is -0.845. The Morgan fingerprint density at radius 3 is 2.76 bits per heavy atom. The zero-order valence-corrected chi connectivity index (χ0v) is 12.6. The Balaban J connectivity index is 2.35. The van der Waals surface area contributed by atoms with Gasteiger partial charge in [-0.25, -0.2) is 14.2 Å². The molecule has 1 aromatic heterocycles. The highest BCUT2D eigenvalue weighted by Crippen LogP contribution is 2.26. The average Bonchev–Trinajstić information content (AvgIpc) is 2.76. The van der Waals surface area contributed by atoms with Gasteiger partial charge in [0.15, 0.2) is 0 Å². The van der Waals surface area contributed by atoms with E-state index in [9.17, 15) is 9.18 Å². The van der Waals surface area contributed by atoms with Crippen molar-refractivity contribution in [3.63, 3.8) is 0 Å². The molecule has 0 saturated heterocycles. The van der Waals surface area contributed by atoms with Crippen LogP contribution < -0.4 is 0 Å². The van der Waals surface area contributed by atoms with Gasteiger partial charge in [0.25, 0.3) is 0 Å². The fourth-order valence-corrected chi connectivity index (χ4v) is 2.64. The van der Waals surface area contributed by atoms with Gasteiger partial charge in [-0.1, -0.05) is 15.9 Å². The molecule has 21 heavy (non-hydrogen) atoms. The van der Waals surface area contributed by atoms with Crippen LogP contribution >= 0.6 is 15.9 Å². The van der Waals surface area contributed by atoms with E-state index in [1.807, 2.05) is 0 Å². The first-order chi connectivity index (χ1) is 9.97. The number of aromatic carboxylic acids is 1. The third-order valence-corrected chi connectivity index (χ3v) is 3.71. The summed E-state index contributed by atoms with van der Waals surface area (Å²) < 4.78 is 16.5. The molecule has 0 amide bonds. The van der Waals surface area contributed by atoms with Crippen molar-refractivity contribution in [1.29, 1.82) is 0 Å². The number of fused-ring (bicyclic) bond motifs is 1. The topological polar surface area (TPSA) is 55.1 Å². The zero-order chi connectivity index (χ0) is 15.1. The Labute approximate surface area is 128 Å². The second-order valence-electron chi connectivity index (χ2n) is 4.60. The minimum absolute atomic E-state index is 0.138. The van der Waals surface area contributed by atoms with Crippen LogP contribution in [0.2, 0.25) is 0 Å². The molecular weight excluding hydrogens is 339 g/mol. The number of benzene rings is 2. The Morgan fingerprint density at radius 1 is 1.29 bits per heavy atom. The molecule has 0 aliphatic carbocycles. The Hall–Kier alpha value is -2.21. The molecule has 0 spiro atoms. The molecule has 0 aliphatic rings. The Bertz CT molecular complexity index is 873. The van der Waals surface area contributed by atoms with Crippen molar-refractivity contribution >= 4 is 32.9 Å². The van der Waals surface area contributed by atoms with Crippen LogP contribution in [0.15, 0.2) is 40.9 Å².